The Morgan fingerprint density at radius 2 is 2.07 bits per heavy atom. The first-order chi connectivity index (χ1) is 6.68. The van der Waals surface area contributed by atoms with Gasteiger partial charge in [0.05, 0.1) is 0 Å². The van der Waals surface area contributed by atoms with E-state index in [4.69, 9.17) is 11.6 Å². The van der Waals surface area contributed by atoms with E-state index in [0.29, 0.717) is 11.0 Å². The molecule has 0 aliphatic rings. The Bertz CT molecular complexity index is 450. The first-order valence-corrected chi connectivity index (χ1v) is 4.55. The van der Waals surface area contributed by atoms with E-state index in [0.717, 1.165) is 11.4 Å². The van der Waals surface area contributed by atoms with Crippen LogP contribution in [0.25, 0.3) is 5.82 Å². The normalized spacial score (nSPS) is 10.5. The summed E-state index contributed by atoms with van der Waals surface area (Å²) in [5.41, 5.74) is 0.857. The minimum absolute atomic E-state index is 0.487. The molecule has 0 spiro atoms. The van der Waals surface area contributed by atoms with Crippen molar-refractivity contribution in [3.05, 3.63) is 35.3 Å². The van der Waals surface area contributed by atoms with Crippen LogP contribution >= 0.6 is 11.6 Å². The first-order valence-electron chi connectivity index (χ1n) is 4.17. The van der Waals surface area contributed by atoms with Gasteiger partial charge in [0.1, 0.15) is 23.1 Å². The molecule has 0 aliphatic heterocycles. The van der Waals surface area contributed by atoms with Crippen LogP contribution in [0.3, 0.4) is 0 Å². The predicted molar refractivity (Wildman–Crippen MR) is 53.6 cm³/mol. The second kappa shape index (κ2) is 3.38. The molecule has 14 heavy (non-hydrogen) atoms. The molecule has 2 aromatic heterocycles. The van der Waals surface area contributed by atoms with Crippen molar-refractivity contribution in [2.24, 2.45) is 0 Å². The van der Waals surface area contributed by atoms with E-state index in [2.05, 4.69) is 15.0 Å². The van der Waals surface area contributed by atoms with E-state index in [-0.39, 0.29) is 0 Å². The first kappa shape index (κ1) is 9.15. The maximum absolute atomic E-state index is 5.95. The average molecular weight is 209 g/mol. The van der Waals surface area contributed by atoms with Crippen LogP contribution in [0.2, 0.25) is 5.15 Å². The van der Waals surface area contributed by atoms with E-state index in [1.165, 1.54) is 0 Å². The van der Waals surface area contributed by atoms with Gasteiger partial charge in [-0.1, -0.05) is 11.6 Å². The van der Waals surface area contributed by atoms with E-state index in [9.17, 15) is 0 Å². The Hall–Kier alpha value is -1.42. The Labute approximate surface area is 86.6 Å². The smallest absolute Gasteiger partial charge is 0.146 e. The van der Waals surface area contributed by atoms with Gasteiger partial charge in [0.2, 0.25) is 0 Å². The molecule has 4 nitrogen and oxygen atoms in total. The van der Waals surface area contributed by atoms with Gasteiger partial charge in [0, 0.05) is 18.0 Å². The van der Waals surface area contributed by atoms with Crippen LogP contribution in [0.15, 0.2) is 18.7 Å². The summed E-state index contributed by atoms with van der Waals surface area (Å²) in [5, 5.41) is 0.487. The highest BCUT2D eigenvalue weighted by Gasteiger charge is 2.08. The minimum atomic E-state index is 0.487. The molecule has 72 valence electrons. The molecule has 2 aromatic rings. The largest absolute Gasteiger partial charge is 0.290 e. The molecule has 2 heterocycles. The van der Waals surface area contributed by atoms with E-state index in [1.807, 2.05) is 24.6 Å². The summed E-state index contributed by atoms with van der Waals surface area (Å²) in [4.78, 5) is 12.3. The van der Waals surface area contributed by atoms with Gasteiger partial charge in [-0.05, 0) is 13.8 Å². The van der Waals surface area contributed by atoms with Gasteiger partial charge in [0.25, 0.3) is 0 Å². The summed E-state index contributed by atoms with van der Waals surface area (Å²) in [6.45, 7) is 3.70. The van der Waals surface area contributed by atoms with Gasteiger partial charge < -0.3 is 0 Å². The Morgan fingerprint density at radius 1 is 1.29 bits per heavy atom. The molecule has 0 N–H and O–H groups in total. The minimum Gasteiger partial charge on any atom is -0.290 e. The number of aryl methyl sites for hydroxylation is 1. The highest BCUT2D eigenvalue weighted by Crippen LogP contribution is 2.18. The second-order valence-electron chi connectivity index (χ2n) is 2.98. The lowest BCUT2D eigenvalue weighted by atomic mass is 10.3. The fourth-order valence-electron chi connectivity index (χ4n) is 1.22. The van der Waals surface area contributed by atoms with E-state index in [1.54, 1.807) is 12.5 Å². The summed E-state index contributed by atoms with van der Waals surface area (Å²) in [6, 6.07) is 0. The van der Waals surface area contributed by atoms with Crippen LogP contribution in [0.1, 0.15) is 11.4 Å². The molecule has 5 heteroatoms. The Balaban J connectivity index is 2.64. The lowest BCUT2D eigenvalue weighted by Gasteiger charge is -2.07. The van der Waals surface area contributed by atoms with Gasteiger partial charge in [-0.15, -0.1) is 0 Å². The van der Waals surface area contributed by atoms with Crippen molar-refractivity contribution >= 4 is 11.6 Å². The molecule has 0 saturated heterocycles. The Kier molecular flexibility index (Phi) is 2.21. The number of hydrogen-bond acceptors (Lipinski definition) is 3. The topological polar surface area (TPSA) is 43.6 Å². The molecule has 0 saturated carbocycles. The van der Waals surface area contributed by atoms with Crippen LogP contribution in [0.5, 0.6) is 0 Å². The Morgan fingerprint density at radius 3 is 2.71 bits per heavy atom. The highest BCUT2D eigenvalue weighted by molar-refractivity contribution is 6.30. The number of hydrogen-bond donors (Lipinski definition) is 0. The zero-order chi connectivity index (χ0) is 10.1. The van der Waals surface area contributed by atoms with Crippen molar-refractivity contribution in [1.29, 1.82) is 0 Å². The lowest BCUT2D eigenvalue weighted by molar-refractivity contribution is 0.918. The molecule has 0 bridgehead atoms. The van der Waals surface area contributed by atoms with Crippen LogP contribution in [-0.2, 0) is 0 Å². The molecule has 0 amide bonds. The SMILES string of the molecule is Cc1nc(Cl)c(C)c(-n2ccnc2)n1. The van der Waals surface area contributed by atoms with Gasteiger partial charge in [-0.3, -0.25) is 4.57 Å². The summed E-state index contributed by atoms with van der Waals surface area (Å²) in [6.07, 6.45) is 5.21. The third kappa shape index (κ3) is 1.48. The number of halogens is 1. The summed E-state index contributed by atoms with van der Waals surface area (Å²) < 4.78 is 1.82. The molecule has 0 radical (unpaired) electrons. The fraction of sp³-hybridized carbons (Fsp3) is 0.222. The van der Waals surface area contributed by atoms with Crippen LogP contribution < -0.4 is 0 Å². The number of nitrogens with zero attached hydrogens (tertiary/aromatic N) is 4. The molecule has 0 unspecified atom stereocenters. The zero-order valence-electron chi connectivity index (χ0n) is 7.90. The monoisotopic (exact) mass is 208 g/mol. The molecular weight excluding hydrogens is 200 g/mol. The van der Waals surface area contributed by atoms with Gasteiger partial charge in [-0.2, -0.15) is 0 Å². The molecule has 0 fully saturated rings. The molecule has 0 aliphatic carbocycles. The number of rotatable bonds is 1. The van der Waals surface area contributed by atoms with Crippen molar-refractivity contribution in [3.63, 3.8) is 0 Å². The molecule has 0 aromatic carbocycles. The third-order valence-corrected chi connectivity index (χ3v) is 2.29. The van der Waals surface area contributed by atoms with Gasteiger partial charge in [0.15, 0.2) is 0 Å². The van der Waals surface area contributed by atoms with E-state index >= 15 is 0 Å². The predicted octanol–water partition coefficient (Wildman–Crippen LogP) is 1.93. The lowest BCUT2D eigenvalue weighted by Crippen LogP contribution is -2.02. The number of aromatic nitrogens is 4. The van der Waals surface area contributed by atoms with Crippen molar-refractivity contribution < 1.29 is 0 Å². The zero-order valence-corrected chi connectivity index (χ0v) is 8.65. The summed E-state index contributed by atoms with van der Waals surface area (Å²) in [5.74, 6) is 1.43. The third-order valence-electron chi connectivity index (χ3n) is 1.92. The molecule has 0 atom stereocenters. The summed E-state index contributed by atoms with van der Waals surface area (Å²) in [7, 11) is 0. The number of imidazole rings is 1. The molecule has 2 rings (SSSR count). The quantitative estimate of drug-likeness (QED) is 0.673. The maximum atomic E-state index is 5.95. The van der Waals surface area contributed by atoms with Crippen molar-refractivity contribution in [1.82, 2.24) is 19.5 Å². The van der Waals surface area contributed by atoms with Crippen molar-refractivity contribution in [2.45, 2.75) is 13.8 Å². The standard InChI is InChI=1S/C9H9ClN4/c1-6-8(10)12-7(2)13-9(6)14-4-3-11-5-14/h3-5H,1-2H3. The van der Waals surface area contributed by atoms with Crippen LogP contribution in [0, 0.1) is 13.8 Å². The van der Waals surface area contributed by atoms with Gasteiger partial charge >= 0.3 is 0 Å². The highest BCUT2D eigenvalue weighted by atomic mass is 35.5. The maximum Gasteiger partial charge on any atom is 0.146 e. The fourth-order valence-corrected chi connectivity index (χ4v) is 1.42. The van der Waals surface area contributed by atoms with E-state index < -0.39 is 0 Å². The second-order valence-corrected chi connectivity index (χ2v) is 3.34. The molecular formula is C9H9ClN4. The average Bonchev–Trinajstić information content (AvgIpc) is 2.63. The summed E-state index contributed by atoms with van der Waals surface area (Å²) >= 11 is 5.95. The van der Waals surface area contributed by atoms with Gasteiger partial charge in [-0.25, -0.2) is 15.0 Å². The van der Waals surface area contributed by atoms with Crippen molar-refractivity contribution in [2.75, 3.05) is 0 Å². The van der Waals surface area contributed by atoms with Crippen LogP contribution in [-0.4, -0.2) is 19.5 Å². The van der Waals surface area contributed by atoms with Crippen molar-refractivity contribution in [3.8, 4) is 5.82 Å². The van der Waals surface area contributed by atoms with Crippen LogP contribution in [0.4, 0.5) is 0 Å².